The van der Waals surface area contributed by atoms with Crippen molar-refractivity contribution in [3.05, 3.63) is 40.3 Å². The largest absolute Gasteiger partial charge is 0.293 e. The third kappa shape index (κ3) is 3.03. The molecule has 19 heavy (non-hydrogen) atoms. The molecule has 0 atom stereocenters. The average Bonchev–Trinajstić information content (AvgIpc) is 2.68. The minimum Gasteiger partial charge on any atom is -0.293 e. The van der Waals surface area contributed by atoms with Gasteiger partial charge in [-0.1, -0.05) is 43.0 Å². The molecular weight excluding hydrogens is 276 g/mol. The third-order valence-electron chi connectivity index (χ3n) is 2.66. The Morgan fingerprint density at radius 3 is 2.68 bits per heavy atom. The predicted octanol–water partition coefficient (Wildman–Crippen LogP) is 3.17. The fourth-order valence-electron chi connectivity index (χ4n) is 1.72. The van der Waals surface area contributed by atoms with E-state index in [-0.39, 0.29) is 5.91 Å². The molecule has 1 amide bonds. The van der Waals surface area contributed by atoms with Crippen molar-refractivity contribution >= 4 is 40.3 Å². The van der Waals surface area contributed by atoms with Crippen LogP contribution >= 0.6 is 24.0 Å². The zero-order chi connectivity index (χ0) is 13.8. The second-order valence-corrected chi connectivity index (χ2v) is 5.74. The molecular formula is C14H12N2OS2. The van der Waals surface area contributed by atoms with Crippen LogP contribution in [-0.2, 0) is 4.79 Å². The Labute approximate surface area is 121 Å². The Balaban J connectivity index is 2.22. The maximum absolute atomic E-state index is 12.1. The number of hydrogen-bond acceptors (Lipinski definition) is 4. The van der Waals surface area contributed by atoms with Gasteiger partial charge in [-0.3, -0.25) is 9.69 Å². The number of amides is 1. The minimum atomic E-state index is -0.0267. The molecule has 0 unspecified atom stereocenters. The summed E-state index contributed by atoms with van der Waals surface area (Å²) < 4.78 is 0.617. The van der Waals surface area contributed by atoms with Crippen LogP contribution in [0.25, 0.3) is 6.08 Å². The molecule has 0 radical (unpaired) electrons. The number of thiocarbonyl (C=S) groups is 1. The van der Waals surface area contributed by atoms with Crippen molar-refractivity contribution in [3.8, 4) is 6.07 Å². The van der Waals surface area contributed by atoms with Crippen LogP contribution in [0.2, 0.25) is 0 Å². The second-order valence-electron chi connectivity index (χ2n) is 4.07. The van der Waals surface area contributed by atoms with Crippen LogP contribution in [0, 0.1) is 11.3 Å². The summed E-state index contributed by atoms with van der Waals surface area (Å²) >= 11 is 6.53. The van der Waals surface area contributed by atoms with E-state index in [0.717, 1.165) is 12.0 Å². The molecule has 5 heteroatoms. The van der Waals surface area contributed by atoms with Gasteiger partial charge in [0.25, 0.3) is 5.91 Å². The highest BCUT2D eigenvalue weighted by atomic mass is 32.2. The van der Waals surface area contributed by atoms with Crippen LogP contribution in [-0.4, -0.2) is 21.7 Å². The lowest BCUT2D eigenvalue weighted by Gasteiger charge is -2.11. The zero-order valence-electron chi connectivity index (χ0n) is 10.4. The first-order chi connectivity index (χ1) is 9.15. The van der Waals surface area contributed by atoms with Gasteiger partial charge < -0.3 is 0 Å². The van der Waals surface area contributed by atoms with Gasteiger partial charge in [0.05, 0.1) is 16.5 Å². The topological polar surface area (TPSA) is 44.1 Å². The molecule has 0 spiro atoms. The number of thioether (sulfide) groups is 1. The molecule has 1 aromatic carbocycles. The Bertz CT molecular complexity index is 584. The number of carbonyl (C=O) groups excluding carboxylic acids is 1. The molecule has 0 saturated carbocycles. The molecule has 0 bridgehead atoms. The Kier molecular flexibility index (Phi) is 4.35. The number of benzene rings is 1. The summed E-state index contributed by atoms with van der Waals surface area (Å²) in [5.41, 5.74) is 1.51. The molecule has 3 nitrogen and oxygen atoms in total. The second kappa shape index (κ2) is 6.00. The minimum absolute atomic E-state index is 0.0267. The summed E-state index contributed by atoms with van der Waals surface area (Å²) in [6.07, 6.45) is 2.70. The van der Waals surface area contributed by atoms with Crippen molar-refractivity contribution in [3.63, 3.8) is 0 Å². The first-order valence-corrected chi connectivity index (χ1v) is 7.13. The number of nitrogens with zero attached hydrogens (tertiary/aromatic N) is 2. The number of nitriles is 1. The monoisotopic (exact) mass is 288 g/mol. The fraction of sp³-hybridized carbons (Fsp3) is 0.214. The normalized spacial score (nSPS) is 17.1. The van der Waals surface area contributed by atoms with Crippen molar-refractivity contribution in [1.29, 1.82) is 5.26 Å². The highest BCUT2D eigenvalue weighted by molar-refractivity contribution is 8.26. The van der Waals surface area contributed by atoms with Crippen molar-refractivity contribution in [1.82, 2.24) is 4.90 Å². The van der Waals surface area contributed by atoms with Crippen LogP contribution < -0.4 is 0 Å². The molecule has 1 saturated heterocycles. The number of hydrogen-bond donors (Lipinski definition) is 0. The Morgan fingerprint density at radius 1 is 1.42 bits per heavy atom. The van der Waals surface area contributed by atoms with Gasteiger partial charge in [0.1, 0.15) is 4.32 Å². The van der Waals surface area contributed by atoms with Gasteiger partial charge in [-0.15, -0.1) is 0 Å². The lowest BCUT2D eigenvalue weighted by molar-refractivity contribution is -0.122. The molecule has 0 N–H and O–H groups in total. The average molecular weight is 288 g/mol. The Morgan fingerprint density at radius 2 is 2.11 bits per heavy atom. The standard InChI is InChI=1S/C14H12N2OS2/c1-2-7-16-13(17)12(19-14(16)18)8-10-3-5-11(9-15)6-4-10/h3-6,8H,2,7H2,1H3/b12-8-. The SMILES string of the molecule is CCCN1C(=O)/C(=C/c2ccc(C#N)cc2)SC1=S. The third-order valence-corrected chi connectivity index (χ3v) is 4.04. The van der Waals surface area contributed by atoms with Gasteiger partial charge in [-0.2, -0.15) is 5.26 Å². The van der Waals surface area contributed by atoms with E-state index in [0.29, 0.717) is 21.3 Å². The van der Waals surface area contributed by atoms with E-state index in [9.17, 15) is 4.79 Å². The van der Waals surface area contributed by atoms with Gasteiger partial charge in [-0.25, -0.2) is 0 Å². The predicted molar refractivity (Wildman–Crippen MR) is 81.3 cm³/mol. The summed E-state index contributed by atoms with van der Waals surface area (Å²) in [4.78, 5) is 14.4. The molecule has 1 aliphatic heterocycles. The molecule has 2 rings (SSSR count). The van der Waals surface area contributed by atoms with E-state index in [1.807, 2.05) is 25.1 Å². The summed E-state index contributed by atoms with van der Waals surface area (Å²) in [6, 6.07) is 9.18. The maximum Gasteiger partial charge on any atom is 0.266 e. The molecule has 1 aromatic rings. The zero-order valence-corrected chi connectivity index (χ0v) is 12.1. The van der Waals surface area contributed by atoms with E-state index in [1.54, 1.807) is 17.0 Å². The van der Waals surface area contributed by atoms with E-state index in [2.05, 4.69) is 6.07 Å². The van der Waals surface area contributed by atoms with Crippen molar-refractivity contribution < 1.29 is 4.79 Å². The van der Waals surface area contributed by atoms with Gasteiger partial charge in [0.2, 0.25) is 0 Å². The molecule has 0 aliphatic carbocycles. The molecule has 0 aromatic heterocycles. The van der Waals surface area contributed by atoms with Crippen molar-refractivity contribution in [2.75, 3.05) is 6.54 Å². The van der Waals surface area contributed by atoms with Crippen LogP contribution in [0.4, 0.5) is 0 Å². The molecule has 96 valence electrons. The number of carbonyl (C=O) groups is 1. The van der Waals surface area contributed by atoms with Gasteiger partial charge >= 0.3 is 0 Å². The highest BCUT2D eigenvalue weighted by Gasteiger charge is 2.30. The quantitative estimate of drug-likeness (QED) is 0.633. The summed E-state index contributed by atoms with van der Waals surface area (Å²) in [7, 11) is 0. The van der Waals surface area contributed by atoms with Crippen LogP contribution in [0.5, 0.6) is 0 Å². The first-order valence-electron chi connectivity index (χ1n) is 5.91. The maximum atomic E-state index is 12.1. The lowest BCUT2D eigenvalue weighted by Crippen LogP contribution is -2.28. The molecule has 1 aliphatic rings. The van der Waals surface area contributed by atoms with Gasteiger partial charge in [0, 0.05) is 6.54 Å². The smallest absolute Gasteiger partial charge is 0.266 e. The van der Waals surface area contributed by atoms with Gasteiger partial charge in [0.15, 0.2) is 0 Å². The summed E-state index contributed by atoms with van der Waals surface area (Å²) in [6.45, 7) is 2.68. The summed E-state index contributed by atoms with van der Waals surface area (Å²) in [5.74, 6) is -0.0267. The number of rotatable bonds is 3. The molecule has 1 heterocycles. The Hall–Kier alpha value is -1.64. The molecule has 1 fully saturated rings. The fourth-order valence-corrected chi connectivity index (χ4v) is 3.03. The van der Waals surface area contributed by atoms with E-state index >= 15 is 0 Å². The van der Waals surface area contributed by atoms with Gasteiger partial charge in [-0.05, 0) is 30.2 Å². The van der Waals surface area contributed by atoms with Crippen LogP contribution in [0.15, 0.2) is 29.2 Å². The van der Waals surface area contributed by atoms with Crippen LogP contribution in [0.1, 0.15) is 24.5 Å². The van der Waals surface area contributed by atoms with Crippen molar-refractivity contribution in [2.24, 2.45) is 0 Å². The van der Waals surface area contributed by atoms with E-state index in [1.165, 1.54) is 11.8 Å². The van der Waals surface area contributed by atoms with E-state index < -0.39 is 0 Å². The van der Waals surface area contributed by atoms with Crippen molar-refractivity contribution in [2.45, 2.75) is 13.3 Å². The first kappa shape index (κ1) is 13.8. The highest BCUT2D eigenvalue weighted by Crippen LogP contribution is 2.32. The summed E-state index contributed by atoms with van der Waals surface area (Å²) in [5, 5.41) is 8.74. The lowest BCUT2D eigenvalue weighted by atomic mass is 10.1. The van der Waals surface area contributed by atoms with E-state index in [4.69, 9.17) is 17.5 Å². The van der Waals surface area contributed by atoms with Crippen LogP contribution in [0.3, 0.4) is 0 Å².